The Kier molecular flexibility index (Phi) is 4.53. The number of hydrogen-bond acceptors (Lipinski definition) is 3. The maximum atomic E-state index is 5.73. The summed E-state index contributed by atoms with van der Waals surface area (Å²) < 4.78 is 0. The Labute approximate surface area is 114 Å². The molecule has 2 rings (SSSR count). The third kappa shape index (κ3) is 3.19. The third-order valence-electron chi connectivity index (χ3n) is 3.69. The molecule has 1 aromatic rings. The first-order chi connectivity index (χ1) is 8.68. The van der Waals surface area contributed by atoms with Crippen molar-refractivity contribution in [2.45, 2.75) is 32.1 Å². The number of hydrogen-bond donors (Lipinski definition) is 1. The summed E-state index contributed by atoms with van der Waals surface area (Å²) >= 11 is 5.06. The Balaban J connectivity index is 2.08. The van der Waals surface area contributed by atoms with Crippen molar-refractivity contribution in [3.63, 3.8) is 0 Å². The minimum Gasteiger partial charge on any atom is -0.388 e. The minimum absolute atomic E-state index is 0.376. The van der Waals surface area contributed by atoms with Gasteiger partial charge < -0.3 is 10.6 Å². The van der Waals surface area contributed by atoms with Crippen LogP contribution in [0.3, 0.4) is 0 Å². The monoisotopic (exact) mass is 263 g/mol. The van der Waals surface area contributed by atoms with Crippen molar-refractivity contribution in [3.8, 4) is 0 Å². The Bertz CT molecular complexity index is 413. The van der Waals surface area contributed by atoms with Crippen LogP contribution >= 0.6 is 12.2 Å². The zero-order chi connectivity index (χ0) is 13.0. The fourth-order valence-corrected chi connectivity index (χ4v) is 2.91. The van der Waals surface area contributed by atoms with E-state index in [1.807, 2.05) is 12.1 Å². The van der Waals surface area contributed by atoms with E-state index in [0.29, 0.717) is 4.99 Å². The second-order valence-corrected chi connectivity index (χ2v) is 5.56. The first-order valence-electron chi connectivity index (χ1n) is 6.64. The first kappa shape index (κ1) is 13.3. The van der Waals surface area contributed by atoms with E-state index in [2.05, 4.69) is 16.9 Å². The van der Waals surface area contributed by atoms with Gasteiger partial charge in [-0.2, -0.15) is 0 Å². The van der Waals surface area contributed by atoms with Crippen LogP contribution in [-0.2, 0) is 0 Å². The normalized spacial score (nSPS) is 16.5. The van der Waals surface area contributed by atoms with Gasteiger partial charge in [0.25, 0.3) is 0 Å². The van der Waals surface area contributed by atoms with Gasteiger partial charge in [-0.1, -0.05) is 31.5 Å². The number of nitrogens with two attached hydrogens (primary N) is 1. The molecule has 0 unspecified atom stereocenters. The Morgan fingerprint density at radius 2 is 2.17 bits per heavy atom. The molecule has 0 radical (unpaired) electrons. The molecule has 0 aromatic carbocycles. The maximum absolute atomic E-state index is 5.73. The number of nitrogens with zero attached hydrogens (tertiary/aromatic N) is 2. The smallest absolute Gasteiger partial charge is 0.124 e. The van der Waals surface area contributed by atoms with Gasteiger partial charge in [-0.25, -0.2) is 0 Å². The van der Waals surface area contributed by atoms with E-state index >= 15 is 0 Å². The van der Waals surface area contributed by atoms with Crippen molar-refractivity contribution in [1.29, 1.82) is 0 Å². The van der Waals surface area contributed by atoms with Crippen molar-refractivity contribution in [2.75, 3.05) is 18.5 Å². The zero-order valence-corrected chi connectivity index (χ0v) is 11.7. The van der Waals surface area contributed by atoms with Crippen molar-refractivity contribution in [3.05, 3.63) is 24.0 Å². The van der Waals surface area contributed by atoms with Crippen LogP contribution in [0.25, 0.3) is 0 Å². The van der Waals surface area contributed by atoms with Crippen LogP contribution in [0, 0.1) is 5.92 Å². The quantitative estimate of drug-likeness (QED) is 0.848. The van der Waals surface area contributed by atoms with Crippen LogP contribution in [0.2, 0.25) is 0 Å². The molecule has 0 atom stereocenters. The van der Waals surface area contributed by atoms with E-state index in [0.717, 1.165) is 23.8 Å². The molecule has 1 heterocycles. The molecule has 1 fully saturated rings. The Hall–Kier alpha value is -1.16. The van der Waals surface area contributed by atoms with Gasteiger partial charge >= 0.3 is 0 Å². The molecule has 1 aliphatic carbocycles. The molecule has 0 bridgehead atoms. The van der Waals surface area contributed by atoms with Gasteiger partial charge in [0.15, 0.2) is 0 Å². The number of thiocarbonyl (C=S) groups is 1. The van der Waals surface area contributed by atoms with Crippen LogP contribution in [0.1, 0.15) is 37.8 Å². The van der Waals surface area contributed by atoms with Crippen LogP contribution in [0.4, 0.5) is 5.69 Å². The summed E-state index contributed by atoms with van der Waals surface area (Å²) in [5, 5.41) is 0. The van der Waals surface area contributed by atoms with E-state index in [1.165, 1.54) is 32.1 Å². The lowest BCUT2D eigenvalue weighted by Crippen LogP contribution is -2.29. The van der Waals surface area contributed by atoms with Gasteiger partial charge in [0.2, 0.25) is 0 Å². The van der Waals surface area contributed by atoms with Crippen molar-refractivity contribution in [1.82, 2.24) is 4.98 Å². The van der Waals surface area contributed by atoms with Gasteiger partial charge in [-0.05, 0) is 30.9 Å². The number of anilines is 1. The summed E-state index contributed by atoms with van der Waals surface area (Å²) in [7, 11) is 2.10. The van der Waals surface area contributed by atoms with Crippen molar-refractivity contribution < 1.29 is 0 Å². The van der Waals surface area contributed by atoms with Gasteiger partial charge in [-0.3, -0.25) is 4.98 Å². The largest absolute Gasteiger partial charge is 0.388 e. The highest BCUT2D eigenvalue weighted by molar-refractivity contribution is 7.80. The van der Waals surface area contributed by atoms with E-state index in [-0.39, 0.29) is 0 Å². The fraction of sp³-hybridized carbons (Fsp3) is 0.571. The molecule has 3 nitrogen and oxygen atoms in total. The van der Waals surface area contributed by atoms with Gasteiger partial charge in [0.1, 0.15) is 10.7 Å². The standard InChI is InChI=1S/C14H21N3S/c1-17(10-11-6-3-2-4-7-11)12-8-5-9-16-13(12)14(15)18/h5,8-9,11H,2-4,6-7,10H2,1H3,(H2,15,18). The minimum atomic E-state index is 0.376. The molecular formula is C14H21N3S. The van der Waals surface area contributed by atoms with Gasteiger partial charge in [0.05, 0.1) is 5.69 Å². The Morgan fingerprint density at radius 1 is 1.44 bits per heavy atom. The molecular weight excluding hydrogens is 242 g/mol. The maximum Gasteiger partial charge on any atom is 0.124 e. The van der Waals surface area contributed by atoms with E-state index in [1.54, 1.807) is 6.20 Å². The molecule has 1 aromatic heterocycles. The molecule has 0 amide bonds. The molecule has 18 heavy (non-hydrogen) atoms. The van der Waals surface area contributed by atoms with E-state index in [4.69, 9.17) is 18.0 Å². The van der Waals surface area contributed by atoms with Crippen molar-refractivity contribution >= 4 is 22.9 Å². The summed E-state index contributed by atoms with van der Waals surface area (Å²) in [4.78, 5) is 6.91. The lowest BCUT2D eigenvalue weighted by molar-refractivity contribution is 0.362. The van der Waals surface area contributed by atoms with Gasteiger partial charge in [0, 0.05) is 19.8 Å². The third-order valence-corrected chi connectivity index (χ3v) is 3.88. The molecule has 98 valence electrons. The first-order valence-corrected chi connectivity index (χ1v) is 7.05. The second kappa shape index (κ2) is 6.14. The molecule has 2 N–H and O–H groups in total. The summed E-state index contributed by atoms with van der Waals surface area (Å²) in [6.45, 7) is 1.07. The number of rotatable bonds is 4. The molecule has 0 spiro atoms. The number of aromatic nitrogens is 1. The topological polar surface area (TPSA) is 42.2 Å². The molecule has 1 aliphatic rings. The summed E-state index contributed by atoms with van der Waals surface area (Å²) in [5.41, 5.74) is 7.52. The predicted octanol–water partition coefficient (Wildman–Crippen LogP) is 2.73. The molecule has 1 saturated carbocycles. The van der Waals surface area contributed by atoms with Crippen LogP contribution in [0.5, 0.6) is 0 Å². The van der Waals surface area contributed by atoms with E-state index < -0.39 is 0 Å². The average Bonchev–Trinajstić information content (AvgIpc) is 2.40. The molecule has 0 saturated heterocycles. The summed E-state index contributed by atoms with van der Waals surface area (Å²) in [6, 6.07) is 3.98. The van der Waals surface area contributed by atoms with Crippen LogP contribution in [0.15, 0.2) is 18.3 Å². The zero-order valence-electron chi connectivity index (χ0n) is 10.9. The highest BCUT2D eigenvalue weighted by atomic mass is 32.1. The predicted molar refractivity (Wildman–Crippen MR) is 80.0 cm³/mol. The number of pyridine rings is 1. The van der Waals surface area contributed by atoms with Crippen molar-refractivity contribution in [2.24, 2.45) is 11.7 Å². The molecule has 4 heteroatoms. The fourth-order valence-electron chi connectivity index (χ4n) is 2.75. The highest BCUT2D eigenvalue weighted by Gasteiger charge is 2.17. The van der Waals surface area contributed by atoms with E-state index in [9.17, 15) is 0 Å². The summed E-state index contributed by atoms with van der Waals surface area (Å²) in [6.07, 6.45) is 8.55. The second-order valence-electron chi connectivity index (χ2n) is 5.12. The lowest BCUT2D eigenvalue weighted by atomic mass is 9.89. The molecule has 0 aliphatic heterocycles. The average molecular weight is 263 g/mol. The SMILES string of the molecule is CN(CC1CCCCC1)c1cccnc1C(N)=S. The van der Waals surface area contributed by atoms with Crippen LogP contribution in [-0.4, -0.2) is 23.6 Å². The van der Waals surface area contributed by atoms with Crippen LogP contribution < -0.4 is 10.6 Å². The lowest BCUT2D eigenvalue weighted by Gasteiger charge is -2.29. The van der Waals surface area contributed by atoms with Gasteiger partial charge in [-0.15, -0.1) is 0 Å². The summed E-state index contributed by atoms with van der Waals surface area (Å²) in [5.74, 6) is 0.795. The Morgan fingerprint density at radius 3 is 2.83 bits per heavy atom. The highest BCUT2D eigenvalue weighted by Crippen LogP contribution is 2.26.